The van der Waals surface area contributed by atoms with Crippen molar-refractivity contribution in [3.05, 3.63) is 46.0 Å². The second-order valence-corrected chi connectivity index (χ2v) is 3.84. The first-order valence-corrected chi connectivity index (χ1v) is 5.18. The number of aliphatic hydroxyl groups excluding tert-OH is 2. The fraction of sp³-hybridized carbons (Fsp3) is 0.364. The first kappa shape index (κ1) is 12.0. The highest BCUT2D eigenvalue weighted by Gasteiger charge is 2.35. The van der Waals surface area contributed by atoms with Crippen molar-refractivity contribution in [2.45, 2.75) is 18.6 Å². The zero-order valence-corrected chi connectivity index (χ0v) is 8.94. The maximum Gasteiger partial charge on any atom is 0.269 e. The van der Waals surface area contributed by atoms with E-state index < -0.39 is 17.1 Å². The van der Waals surface area contributed by atoms with E-state index in [2.05, 4.69) is 0 Å². The molecule has 0 aromatic heterocycles. The van der Waals surface area contributed by atoms with Crippen molar-refractivity contribution >= 4 is 5.69 Å². The smallest absolute Gasteiger partial charge is 0.269 e. The summed E-state index contributed by atoms with van der Waals surface area (Å²) in [5, 5.41) is 29.1. The van der Waals surface area contributed by atoms with Gasteiger partial charge in [0.25, 0.3) is 5.69 Å². The quantitative estimate of drug-likeness (QED) is 0.594. The minimum atomic E-state index is -0.769. The van der Waals surface area contributed by atoms with Crippen LogP contribution in [0.4, 0.5) is 5.69 Å². The molecule has 1 aromatic carbocycles. The Hall–Kier alpha value is -1.50. The number of nitro benzene ring substituents is 1. The molecule has 1 heterocycles. The Balaban J connectivity index is 2.18. The molecule has 0 saturated carbocycles. The van der Waals surface area contributed by atoms with Gasteiger partial charge in [-0.1, -0.05) is 12.1 Å². The summed E-state index contributed by atoms with van der Waals surface area (Å²) in [7, 11) is 0. The highest BCUT2D eigenvalue weighted by atomic mass is 16.6. The van der Waals surface area contributed by atoms with Crippen molar-refractivity contribution in [2.75, 3.05) is 6.61 Å². The summed E-state index contributed by atoms with van der Waals surface area (Å²) in [4.78, 5) is 10.1. The average Bonchev–Trinajstić information content (AvgIpc) is 2.71. The SMILES string of the molecule is O=[N+]([O-])c1cccc([C]2C[C@H](O)[C@@H](CO)O2)c1. The minimum Gasteiger partial charge on any atom is -0.394 e. The molecule has 2 rings (SSSR count). The zero-order valence-electron chi connectivity index (χ0n) is 8.94. The lowest BCUT2D eigenvalue weighted by Gasteiger charge is -2.11. The standard InChI is InChI=1S/C11H12NO5/c13-6-11-9(14)5-10(17-11)7-2-1-3-8(4-7)12(15)16/h1-4,9,11,13-14H,5-6H2/t9-,11+/m0/s1. The summed E-state index contributed by atoms with van der Waals surface area (Å²) in [6, 6.07) is 6.01. The fourth-order valence-corrected chi connectivity index (χ4v) is 1.77. The van der Waals surface area contributed by atoms with Gasteiger partial charge < -0.3 is 14.9 Å². The molecule has 0 aliphatic carbocycles. The van der Waals surface area contributed by atoms with E-state index in [4.69, 9.17) is 9.84 Å². The minimum absolute atomic E-state index is 0.0273. The van der Waals surface area contributed by atoms with E-state index in [0.29, 0.717) is 11.7 Å². The topological polar surface area (TPSA) is 92.8 Å². The molecule has 2 atom stereocenters. The van der Waals surface area contributed by atoms with Gasteiger partial charge in [0.2, 0.25) is 0 Å². The number of non-ortho nitro benzene ring substituents is 1. The highest BCUT2D eigenvalue weighted by molar-refractivity contribution is 5.40. The number of rotatable bonds is 3. The second-order valence-electron chi connectivity index (χ2n) is 3.84. The predicted molar refractivity (Wildman–Crippen MR) is 58.0 cm³/mol. The fourth-order valence-electron chi connectivity index (χ4n) is 1.77. The summed E-state index contributed by atoms with van der Waals surface area (Å²) < 4.78 is 5.34. The lowest BCUT2D eigenvalue weighted by atomic mass is 10.0. The highest BCUT2D eigenvalue weighted by Crippen LogP contribution is 2.33. The summed E-state index contributed by atoms with van der Waals surface area (Å²) >= 11 is 0. The van der Waals surface area contributed by atoms with Crippen molar-refractivity contribution < 1.29 is 19.9 Å². The Labute approximate surface area is 97.6 Å². The molecule has 0 unspecified atom stereocenters. The number of nitro groups is 1. The molecule has 1 aliphatic rings. The molecule has 91 valence electrons. The summed E-state index contributed by atoms with van der Waals surface area (Å²) in [6.45, 7) is -0.278. The lowest BCUT2D eigenvalue weighted by Crippen LogP contribution is -2.24. The van der Waals surface area contributed by atoms with Crippen LogP contribution in [0.5, 0.6) is 0 Å². The molecular weight excluding hydrogens is 226 g/mol. The zero-order chi connectivity index (χ0) is 12.4. The van der Waals surface area contributed by atoms with Crippen LogP contribution in [0.1, 0.15) is 12.0 Å². The summed E-state index contributed by atoms with van der Waals surface area (Å²) in [5.74, 6) is 0. The van der Waals surface area contributed by atoms with Crippen molar-refractivity contribution in [3.8, 4) is 0 Å². The maximum absolute atomic E-state index is 10.6. The number of hydrogen-bond donors (Lipinski definition) is 2. The Morgan fingerprint density at radius 2 is 2.29 bits per heavy atom. The number of aliphatic hydroxyl groups is 2. The lowest BCUT2D eigenvalue weighted by molar-refractivity contribution is -0.384. The third-order valence-electron chi connectivity index (χ3n) is 2.68. The van der Waals surface area contributed by atoms with Crippen LogP contribution in [0.25, 0.3) is 0 Å². The van der Waals surface area contributed by atoms with E-state index in [1.54, 1.807) is 12.1 Å². The van der Waals surface area contributed by atoms with Gasteiger partial charge in [-0.3, -0.25) is 10.1 Å². The molecule has 6 heteroatoms. The maximum atomic E-state index is 10.6. The molecule has 0 bridgehead atoms. The Morgan fingerprint density at radius 3 is 2.88 bits per heavy atom. The van der Waals surface area contributed by atoms with E-state index in [0.717, 1.165) is 0 Å². The van der Waals surface area contributed by atoms with Gasteiger partial charge in [0.1, 0.15) is 12.2 Å². The second kappa shape index (κ2) is 4.79. The van der Waals surface area contributed by atoms with E-state index >= 15 is 0 Å². The van der Waals surface area contributed by atoms with Crippen molar-refractivity contribution in [1.82, 2.24) is 0 Å². The van der Waals surface area contributed by atoms with Crippen LogP contribution >= 0.6 is 0 Å². The molecule has 1 aromatic rings. The number of ether oxygens (including phenoxy) is 1. The Kier molecular flexibility index (Phi) is 3.37. The molecule has 17 heavy (non-hydrogen) atoms. The van der Waals surface area contributed by atoms with Gasteiger partial charge in [-0.15, -0.1) is 0 Å². The molecule has 6 nitrogen and oxygen atoms in total. The summed E-state index contributed by atoms with van der Waals surface area (Å²) in [5.41, 5.74) is 0.537. The molecule has 1 saturated heterocycles. The van der Waals surface area contributed by atoms with Gasteiger partial charge in [0, 0.05) is 18.6 Å². The first-order valence-electron chi connectivity index (χ1n) is 5.18. The van der Waals surface area contributed by atoms with Crippen molar-refractivity contribution in [1.29, 1.82) is 0 Å². The average molecular weight is 238 g/mol. The van der Waals surface area contributed by atoms with Gasteiger partial charge in [-0.25, -0.2) is 0 Å². The van der Waals surface area contributed by atoms with Crippen LogP contribution < -0.4 is 0 Å². The van der Waals surface area contributed by atoms with Gasteiger partial charge in [0.05, 0.1) is 17.6 Å². The van der Waals surface area contributed by atoms with Gasteiger partial charge in [-0.05, 0) is 5.56 Å². The van der Waals surface area contributed by atoms with Crippen LogP contribution in [-0.2, 0) is 4.74 Å². The predicted octanol–water partition coefficient (Wildman–Crippen LogP) is 0.617. The molecule has 1 radical (unpaired) electrons. The molecule has 0 amide bonds. The summed E-state index contributed by atoms with van der Waals surface area (Å²) in [6.07, 6.45) is -0.689. The normalized spacial score (nSPS) is 25.1. The van der Waals surface area contributed by atoms with Gasteiger partial charge in [0.15, 0.2) is 0 Å². The van der Waals surface area contributed by atoms with Gasteiger partial charge in [-0.2, -0.15) is 0 Å². The molecule has 1 fully saturated rings. The van der Waals surface area contributed by atoms with E-state index in [9.17, 15) is 15.2 Å². The largest absolute Gasteiger partial charge is 0.394 e. The number of hydrogen-bond acceptors (Lipinski definition) is 5. The van der Waals surface area contributed by atoms with Crippen LogP contribution in [0, 0.1) is 16.2 Å². The Bertz CT molecular complexity index is 422. The van der Waals surface area contributed by atoms with Crippen molar-refractivity contribution in [3.63, 3.8) is 0 Å². The van der Waals surface area contributed by atoms with Crippen LogP contribution in [0.2, 0.25) is 0 Å². The van der Waals surface area contributed by atoms with Crippen molar-refractivity contribution in [2.24, 2.45) is 0 Å². The van der Waals surface area contributed by atoms with Crippen LogP contribution in [0.3, 0.4) is 0 Å². The molecule has 2 N–H and O–H groups in total. The third-order valence-corrected chi connectivity index (χ3v) is 2.68. The molecule has 0 spiro atoms. The first-order chi connectivity index (χ1) is 8.11. The van der Waals surface area contributed by atoms with Crippen LogP contribution in [-0.4, -0.2) is 34.0 Å². The molecule has 1 aliphatic heterocycles. The Morgan fingerprint density at radius 1 is 1.53 bits per heavy atom. The van der Waals surface area contributed by atoms with Gasteiger partial charge >= 0.3 is 0 Å². The van der Waals surface area contributed by atoms with E-state index in [1.165, 1.54) is 12.1 Å². The number of nitrogens with zero attached hydrogens (tertiary/aromatic N) is 1. The molecular formula is C11H12NO5. The van der Waals surface area contributed by atoms with E-state index in [1.807, 2.05) is 0 Å². The third kappa shape index (κ3) is 2.44. The van der Waals surface area contributed by atoms with Crippen LogP contribution in [0.15, 0.2) is 24.3 Å². The number of benzene rings is 1. The van der Waals surface area contributed by atoms with E-state index in [-0.39, 0.29) is 18.7 Å². The monoisotopic (exact) mass is 238 g/mol.